The number of nitrogens with one attached hydrogen (secondary N) is 3. The zero-order chi connectivity index (χ0) is 16.2. The second-order valence-electron chi connectivity index (χ2n) is 5.66. The first kappa shape index (κ1) is 15.1. The minimum atomic E-state index is -0.350. The van der Waals surface area contributed by atoms with Crippen LogP contribution in [0.1, 0.15) is 17.7 Å². The Labute approximate surface area is 132 Å². The smallest absolute Gasteiger partial charge is 0.264 e. The van der Waals surface area contributed by atoms with Gasteiger partial charge in [0.05, 0.1) is 18.2 Å². The molecule has 7 nitrogen and oxygen atoms in total. The van der Waals surface area contributed by atoms with E-state index in [1.165, 1.54) is 6.07 Å². The Morgan fingerprint density at radius 1 is 1.22 bits per heavy atom. The minimum absolute atomic E-state index is 0.0101. The summed E-state index contributed by atoms with van der Waals surface area (Å²) in [6, 6.07) is 11.1. The van der Waals surface area contributed by atoms with E-state index in [4.69, 9.17) is 0 Å². The fourth-order valence-corrected chi connectivity index (χ4v) is 2.70. The highest BCUT2D eigenvalue weighted by Crippen LogP contribution is 2.20. The van der Waals surface area contributed by atoms with Gasteiger partial charge in [-0.1, -0.05) is 30.3 Å². The molecule has 3 rings (SSSR count). The molecule has 2 heterocycles. The third kappa shape index (κ3) is 3.68. The van der Waals surface area contributed by atoms with Crippen LogP contribution >= 0.6 is 0 Å². The zero-order valence-corrected chi connectivity index (χ0v) is 12.5. The predicted molar refractivity (Wildman–Crippen MR) is 83.2 cm³/mol. The van der Waals surface area contributed by atoms with Crippen molar-refractivity contribution in [1.82, 2.24) is 20.4 Å². The average molecular weight is 314 g/mol. The van der Waals surface area contributed by atoms with Crippen molar-refractivity contribution in [2.24, 2.45) is 5.92 Å². The van der Waals surface area contributed by atoms with Crippen molar-refractivity contribution < 1.29 is 9.59 Å². The Morgan fingerprint density at radius 3 is 2.70 bits per heavy atom. The van der Waals surface area contributed by atoms with Crippen LogP contribution in [0.25, 0.3) is 0 Å². The Kier molecular flexibility index (Phi) is 4.27. The molecule has 1 saturated heterocycles. The van der Waals surface area contributed by atoms with Crippen molar-refractivity contribution in [2.45, 2.75) is 19.5 Å². The van der Waals surface area contributed by atoms with Gasteiger partial charge in [0.2, 0.25) is 11.8 Å². The summed E-state index contributed by atoms with van der Waals surface area (Å²) >= 11 is 0. The first-order chi connectivity index (χ1) is 11.1. The molecule has 0 saturated carbocycles. The summed E-state index contributed by atoms with van der Waals surface area (Å²) < 4.78 is 0. The Hall–Kier alpha value is -2.83. The normalized spacial score (nSPS) is 17.5. The van der Waals surface area contributed by atoms with E-state index in [1.807, 2.05) is 30.3 Å². The molecular formula is C16H18N4O3. The van der Waals surface area contributed by atoms with E-state index in [9.17, 15) is 14.4 Å². The van der Waals surface area contributed by atoms with Crippen LogP contribution in [0, 0.1) is 5.92 Å². The molecule has 1 fully saturated rings. The van der Waals surface area contributed by atoms with Crippen molar-refractivity contribution in [2.75, 3.05) is 6.54 Å². The summed E-state index contributed by atoms with van der Waals surface area (Å²) in [7, 11) is 0. The molecule has 0 spiro atoms. The van der Waals surface area contributed by atoms with Gasteiger partial charge in [0.25, 0.3) is 5.56 Å². The molecular weight excluding hydrogens is 296 g/mol. The van der Waals surface area contributed by atoms with Crippen molar-refractivity contribution in [3.05, 3.63) is 58.0 Å². The third-order valence-electron chi connectivity index (χ3n) is 3.91. The van der Waals surface area contributed by atoms with E-state index in [2.05, 4.69) is 15.5 Å². The molecule has 1 unspecified atom stereocenters. The maximum atomic E-state index is 12.2. The summed E-state index contributed by atoms with van der Waals surface area (Å²) in [4.78, 5) is 36.9. The Morgan fingerprint density at radius 2 is 2.00 bits per heavy atom. The standard InChI is InChI=1S/C16H18N4O3/c21-14-7-13(18-19-14)8-17-16(23)12-6-15(22)20(10-12)9-11-4-2-1-3-5-11/h1-5,7,12H,6,8-10H2,(H,17,23)(H2,18,19,21). The molecule has 1 aliphatic rings. The molecule has 7 heteroatoms. The number of amides is 2. The summed E-state index contributed by atoms with van der Waals surface area (Å²) in [5.74, 6) is -0.531. The molecule has 0 radical (unpaired) electrons. The van der Waals surface area contributed by atoms with Gasteiger partial charge in [0, 0.05) is 25.6 Å². The number of rotatable bonds is 5. The average Bonchev–Trinajstić information content (AvgIpc) is 3.12. The van der Waals surface area contributed by atoms with Crippen LogP contribution in [0.5, 0.6) is 0 Å². The van der Waals surface area contributed by atoms with Crippen molar-refractivity contribution in [3.8, 4) is 0 Å². The van der Waals surface area contributed by atoms with E-state index in [0.29, 0.717) is 18.8 Å². The van der Waals surface area contributed by atoms with Gasteiger partial charge < -0.3 is 15.3 Å². The van der Waals surface area contributed by atoms with E-state index in [0.717, 1.165) is 5.56 Å². The molecule has 1 atom stereocenters. The minimum Gasteiger partial charge on any atom is -0.350 e. The second kappa shape index (κ2) is 6.51. The van der Waals surface area contributed by atoms with Crippen LogP contribution in [0.15, 0.2) is 41.2 Å². The number of carbonyl (C=O) groups is 2. The van der Waals surface area contributed by atoms with Gasteiger partial charge in [-0.05, 0) is 5.56 Å². The number of nitrogens with zero attached hydrogens (tertiary/aromatic N) is 1. The number of benzene rings is 1. The zero-order valence-electron chi connectivity index (χ0n) is 12.5. The van der Waals surface area contributed by atoms with Crippen molar-refractivity contribution >= 4 is 11.8 Å². The number of likely N-dealkylation sites (tertiary alicyclic amines) is 1. The maximum absolute atomic E-state index is 12.2. The van der Waals surface area contributed by atoms with Crippen LogP contribution in [-0.4, -0.2) is 33.5 Å². The molecule has 1 aliphatic heterocycles. The van der Waals surface area contributed by atoms with Crippen molar-refractivity contribution in [1.29, 1.82) is 0 Å². The quantitative estimate of drug-likeness (QED) is 0.743. The maximum Gasteiger partial charge on any atom is 0.264 e. The van der Waals surface area contributed by atoms with Gasteiger partial charge >= 0.3 is 0 Å². The predicted octanol–water partition coefficient (Wildman–Crippen LogP) is 0.368. The molecule has 3 N–H and O–H groups in total. The van der Waals surface area contributed by atoms with Crippen LogP contribution in [-0.2, 0) is 22.7 Å². The highest BCUT2D eigenvalue weighted by Gasteiger charge is 2.34. The summed E-state index contributed by atoms with van der Waals surface area (Å²) in [6.07, 6.45) is 0.225. The number of aromatic nitrogens is 2. The highest BCUT2D eigenvalue weighted by molar-refractivity contribution is 5.89. The molecule has 0 aliphatic carbocycles. The summed E-state index contributed by atoms with van der Waals surface area (Å²) in [5, 5.41) is 7.83. The number of hydrogen-bond acceptors (Lipinski definition) is 3. The van der Waals surface area contributed by atoms with Gasteiger partial charge in [0.15, 0.2) is 0 Å². The molecule has 1 aromatic carbocycles. The van der Waals surface area contributed by atoms with Crippen LogP contribution in [0.2, 0.25) is 0 Å². The van der Waals surface area contributed by atoms with Gasteiger partial charge in [-0.2, -0.15) is 0 Å². The van der Waals surface area contributed by atoms with Gasteiger partial charge in [-0.25, -0.2) is 0 Å². The van der Waals surface area contributed by atoms with E-state index in [1.54, 1.807) is 4.90 Å². The summed E-state index contributed by atoms with van der Waals surface area (Å²) in [6.45, 7) is 1.18. The fraction of sp³-hybridized carbons (Fsp3) is 0.312. The van der Waals surface area contributed by atoms with Crippen LogP contribution < -0.4 is 10.9 Å². The molecule has 23 heavy (non-hydrogen) atoms. The SMILES string of the molecule is O=C(NCc1cc(=O)[nH][nH]1)C1CC(=O)N(Cc2ccccc2)C1. The molecule has 2 aromatic rings. The lowest BCUT2D eigenvalue weighted by Gasteiger charge is -2.16. The number of carbonyl (C=O) groups excluding carboxylic acids is 2. The molecule has 2 amide bonds. The van der Waals surface area contributed by atoms with Crippen LogP contribution in [0.4, 0.5) is 0 Å². The number of hydrogen-bond donors (Lipinski definition) is 3. The van der Waals surface area contributed by atoms with Gasteiger partial charge in [-0.15, -0.1) is 0 Å². The largest absolute Gasteiger partial charge is 0.350 e. The third-order valence-corrected chi connectivity index (χ3v) is 3.91. The monoisotopic (exact) mass is 314 g/mol. The van der Waals surface area contributed by atoms with E-state index in [-0.39, 0.29) is 36.3 Å². The molecule has 120 valence electrons. The van der Waals surface area contributed by atoms with Gasteiger partial charge in [-0.3, -0.25) is 19.5 Å². The Bertz CT molecular complexity index is 750. The van der Waals surface area contributed by atoms with Gasteiger partial charge in [0.1, 0.15) is 0 Å². The topological polar surface area (TPSA) is 98.1 Å². The lowest BCUT2D eigenvalue weighted by atomic mass is 10.1. The number of H-pyrrole nitrogens is 2. The second-order valence-corrected chi connectivity index (χ2v) is 5.66. The van der Waals surface area contributed by atoms with E-state index >= 15 is 0 Å². The fourth-order valence-electron chi connectivity index (χ4n) is 2.70. The lowest BCUT2D eigenvalue weighted by molar-refractivity contribution is -0.129. The summed E-state index contributed by atoms with van der Waals surface area (Å²) in [5.41, 5.74) is 1.42. The van der Waals surface area contributed by atoms with E-state index < -0.39 is 0 Å². The lowest BCUT2D eigenvalue weighted by Crippen LogP contribution is -2.32. The molecule has 0 bridgehead atoms. The number of aromatic amines is 2. The first-order valence-corrected chi connectivity index (χ1v) is 7.48. The first-order valence-electron chi connectivity index (χ1n) is 7.48. The Balaban J connectivity index is 1.54. The van der Waals surface area contributed by atoms with Crippen molar-refractivity contribution in [3.63, 3.8) is 0 Å². The van der Waals surface area contributed by atoms with Crippen LogP contribution in [0.3, 0.4) is 0 Å². The molecule has 1 aromatic heterocycles. The highest BCUT2D eigenvalue weighted by atomic mass is 16.2.